The Kier molecular flexibility index (Phi) is 15.3. The number of anilines is 2. The van der Waals surface area contributed by atoms with E-state index in [0.29, 0.717) is 22.3 Å². The van der Waals surface area contributed by atoms with Crippen molar-refractivity contribution in [3.8, 4) is 45.3 Å². The number of carbonyl (C=O) groups excluding carboxylic acids is 4. The summed E-state index contributed by atoms with van der Waals surface area (Å²) >= 11 is 11.3. The summed E-state index contributed by atoms with van der Waals surface area (Å²) in [4.78, 5) is 72.3. The molecule has 0 atom stereocenters. The van der Waals surface area contributed by atoms with Gasteiger partial charge >= 0.3 is 11.9 Å². The predicted octanol–water partition coefficient (Wildman–Crippen LogP) is 5.45. The average molecular weight is 840 g/mol. The average Bonchev–Trinajstić information content (AvgIpc) is 3.23. The Morgan fingerprint density at radius 2 is 0.862 bits per heavy atom. The molecule has 4 aromatic rings. The monoisotopic (exact) mass is 838 g/mol. The molecule has 0 radical (unpaired) electrons. The number of azo groups is 1. The fourth-order valence-electron chi connectivity index (χ4n) is 5.33. The number of amides is 4. The Morgan fingerprint density at radius 3 is 1.14 bits per heavy atom. The molecular formula is C38H36Cl2N6O12. The van der Waals surface area contributed by atoms with Gasteiger partial charge in [0.1, 0.15) is 24.8 Å². The van der Waals surface area contributed by atoms with Crippen molar-refractivity contribution in [2.75, 3.05) is 63.9 Å². The highest BCUT2D eigenvalue weighted by Crippen LogP contribution is 2.46. The number of hydrogen-bond acceptors (Lipinski definition) is 12. The van der Waals surface area contributed by atoms with Crippen LogP contribution in [0.5, 0.6) is 23.0 Å². The molecule has 0 bridgehead atoms. The first-order valence-electron chi connectivity index (χ1n) is 16.7. The number of benzene rings is 4. The van der Waals surface area contributed by atoms with Gasteiger partial charge in [-0.25, -0.2) is 0 Å². The lowest BCUT2D eigenvalue weighted by molar-refractivity contribution is -0.136. The van der Waals surface area contributed by atoms with Crippen LogP contribution in [0, 0.1) is 0 Å². The molecule has 20 heteroatoms. The van der Waals surface area contributed by atoms with E-state index < -0.39 is 48.7 Å². The maximum Gasteiger partial charge on any atom is 0.322 e. The SMILES string of the molecule is COc1cc(-c2ccc(NC(=O)CCl)c(C(=O)NCC(=O)O)c2)cc(OC)c1N=Nc1c(OC)cc(-c2ccc(NC(=O)CCl)c(C(=O)NCC(=O)O)c2)cc1OC. The number of halogens is 2. The Balaban J connectivity index is 1.77. The Hall–Kier alpha value is -6.92. The van der Waals surface area contributed by atoms with Gasteiger partial charge in [0.05, 0.1) is 50.9 Å². The van der Waals surface area contributed by atoms with Crippen LogP contribution in [0.4, 0.5) is 22.7 Å². The molecule has 0 aromatic heterocycles. The van der Waals surface area contributed by atoms with Crippen LogP contribution in [0.1, 0.15) is 20.7 Å². The van der Waals surface area contributed by atoms with E-state index in [4.69, 9.17) is 52.4 Å². The smallest absolute Gasteiger partial charge is 0.322 e. The molecule has 18 nitrogen and oxygen atoms in total. The van der Waals surface area contributed by atoms with E-state index in [0.717, 1.165) is 0 Å². The number of nitrogens with zero attached hydrogens (tertiary/aromatic N) is 2. The van der Waals surface area contributed by atoms with Crippen LogP contribution in [-0.2, 0) is 19.2 Å². The molecule has 304 valence electrons. The topological polar surface area (TPSA) is 253 Å². The summed E-state index contributed by atoms with van der Waals surface area (Å²) in [5.74, 6) is -5.21. The highest BCUT2D eigenvalue weighted by atomic mass is 35.5. The minimum Gasteiger partial charge on any atom is -0.494 e. The van der Waals surface area contributed by atoms with E-state index in [1.54, 1.807) is 36.4 Å². The second-order valence-electron chi connectivity index (χ2n) is 11.7. The number of nitrogens with one attached hydrogen (secondary N) is 4. The quantitative estimate of drug-likeness (QED) is 0.0540. The number of carbonyl (C=O) groups is 6. The van der Waals surface area contributed by atoms with Crippen molar-refractivity contribution in [2.24, 2.45) is 10.2 Å². The molecule has 0 saturated heterocycles. The van der Waals surface area contributed by atoms with Gasteiger partial charge in [0.25, 0.3) is 11.8 Å². The summed E-state index contributed by atoms with van der Waals surface area (Å²) in [6, 6.07) is 15.4. The summed E-state index contributed by atoms with van der Waals surface area (Å²) in [6.07, 6.45) is 0. The van der Waals surface area contributed by atoms with E-state index in [1.807, 2.05) is 0 Å². The van der Waals surface area contributed by atoms with Crippen molar-refractivity contribution in [3.05, 3.63) is 71.8 Å². The van der Waals surface area contributed by atoms with Crippen molar-refractivity contribution in [1.29, 1.82) is 0 Å². The zero-order valence-electron chi connectivity index (χ0n) is 31.2. The maximum absolute atomic E-state index is 13.0. The van der Waals surface area contributed by atoms with Crippen molar-refractivity contribution in [3.63, 3.8) is 0 Å². The van der Waals surface area contributed by atoms with Crippen LogP contribution in [-0.4, -0.2) is 99.1 Å². The summed E-state index contributed by atoms with van der Waals surface area (Å²) < 4.78 is 22.6. The molecule has 4 aromatic carbocycles. The number of methoxy groups -OCH3 is 4. The molecular weight excluding hydrogens is 803 g/mol. The molecule has 4 rings (SSSR count). The van der Waals surface area contributed by atoms with Crippen LogP contribution >= 0.6 is 23.2 Å². The predicted molar refractivity (Wildman–Crippen MR) is 213 cm³/mol. The number of ether oxygens (including phenoxy) is 4. The van der Waals surface area contributed by atoms with E-state index >= 15 is 0 Å². The second kappa shape index (κ2) is 20.3. The van der Waals surface area contributed by atoms with Gasteiger partial charge < -0.3 is 50.4 Å². The highest BCUT2D eigenvalue weighted by Gasteiger charge is 2.21. The zero-order valence-corrected chi connectivity index (χ0v) is 32.7. The summed E-state index contributed by atoms with van der Waals surface area (Å²) in [6.45, 7) is -1.32. The van der Waals surface area contributed by atoms with E-state index in [9.17, 15) is 28.8 Å². The Labute approximate surface area is 340 Å². The third-order valence-electron chi connectivity index (χ3n) is 8.00. The lowest BCUT2D eigenvalue weighted by Crippen LogP contribution is -2.30. The molecule has 6 N–H and O–H groups in total. The Bertz CT molecular complexity index is 2080. The highest BCUT2D eigenvalue weighted by molar-refractivity contribution is 6.29. The largest absolute Gasteiger partial charge is 0.494 e. The van der Waals surface area contributed by atoms with Gasteiger partial charge in [0.2, 0.25) is 11.8 Å². The van der Waals surface area contributed by atoms with Gasteiger partial charge in [-0.3, -0.25) is 28.8 Å². The first-order valence-corrected chi connectivity index (χ1v) is 17.8. The number of rotatable bonds is 18. The van der Waals surface area contributed by atoms with Gasteiger partial charge in [-0.1, -0.05) is 12.1 Å². The number of hydrogen-bond donors (Lipinski definition) is 6. The normalized spacial score (nSPS) is 10.7. The first kappa shape index (κ1) is 43.8. The standard InChI is InChI=1S/C38H36Cl2N6O12/c1-55-27-11-21(19-5-7-25(43-31(47)15-39)23(9-19)37(53)41-17-33(49)50)12-28(56-2)35(27)45-46-36-29(57-3)13-22(14-30(36)58-4)20-6-8-26(44-32(48)16-40)24(10-20)38(54)42-18-34(51)52/h5-14H,15-18H2,1-4H3,(H,41,53)(H,42,54)(H,43,47)(H,44,48)(H,49,50)(H,51,52). The minimum atomic E-state index is -1.27. The molecule has 0 spiro atoms. The van der Waals surface area contributed by atoms with Crippen LogP contribution in [0.25, 0.3) is 22.3 Å². The minimum absolute atomic E-state index is 0.0340. The summed E-state index contributed by atoms with van der Waals surface area (Å²) in [5, 5.41) is 36.6. The number of carboxylic acids is 2. The number of carboxylic acid groups (broad SMARTS) is 2. The molecule has 0 aliphatic rings. The molecule has 0 fully saturated rings. The van der Waals surface area contributed by atoms with Crippen molar-refractivity contribution in [2.45, 2.75) is 0 Å². The van der Waals surface area contributed by atoms with Crippen molar-refractivity contribution >= 4 is 81.5 Å². The van der Waals surface area contributed by atoms with Crippen LogP contribution < -0.4 is 40.2 Å². The third kappa shape index (κ3) is 10.9. The van der Waals surface area contributed by atoms with E-state index in [2.05, 4.69) is 31.5 Å². The van der Waals surface area contributed by atoms with E-state index in [-0.39, 0.29) is 68.6 Å². The number of alkyl halides is 2. The molecule has 0 heterocycles. The van der Waals surface area contributed by atoms with Crippen LogP contribution in [0.3, 0.4) is 0 Å². The van der Waals surface area contributed by atoms with Crippen molar-refractivity contribution < 1.29 is 57.9 Å². The molecule has 0 saturated carbocycles. The maximum atomic E-state index is 13.0. The second-order valence-corrected chi connectivity index (χ2v) is 12.2. The Morgan fingerprint density at radius 1 is 0.534 bits per heavy atom. The van der Waals surface area contributed by atoms with Crippen LogP contribution in [0.2, 0.25) is 0 Å². The van der Waals surface area contributed by atoms with E-state index in [1.165, 1.54) is 52.7 Å². The summed E-state index contributed by atoms with van der Waals surface area (Å²) in [5.41, 5.74) is 2.33. The summed E-state index contributed by atoms with van der Waals surface area (Å²) in [7, 11) is 5.58. The molecule has 0 aliphatic carbocycles. The van der Waals surface area contributed by atoms with Gasteiger partial charge in [0, 0.05) is 0 Å². The number of aliphatic carboxylic acids is 2. The molecule has 4 amide bonds. The lowest BCUT2D eigenvalue weighted by Gasteiger charge is -2.16. The van der Waals surface area contributed by atoms with Crippen molar-refractivity contribution in [1.82, 2.24) is 10.6 Å². The lowest BCUT2D eigenvalue weighted by atomic mass is 10.00. The third-order valence-corrected chi connectivity index (χ3v) is 8.48. The zero-order chi connectivity index (χ0) is 42.5. The fraction of sp³-hybridized carbons (Fsp3) is 0.211. The first-order chi connectivity index (χ1) is 27.8. The molecule has 0 unspecified atom stereocenters. The van der Waals surface area contributed by atoms with Gasteiger partial charge in [0.15, 0.2) is 34.4 Å². The van der Waals surface area contributed by atoms with Gasteiger partial charge in [-0.15, -0.1) is 33.4 Å². The van der Waals surface area contributed by atoms with Crippen LogP contribution in [0.15, 0.2) is 70.9 Å². The van der Waals surface area contributed by atoms with Gasteiger partial charge in [-0.2, -0.15) is 0 Å². The molecule has 0 aliphatic heterocycles. The van der Waals surface area contributed by atoms with Gasteiger partial charge in [-0.05, 0) is 70.8 Å². The fourth-order valence-corrected chi connectivity index (χ4v) is 5.46. The molecule has 58 heavy (non-hydrogen) atoms.